The van der Waals surface area contributed by atoms with E-state index in [-0.39, 0.29) is 12.4 Å². The third kappa shape index (κ3) is 2.64. The first-order chi connectivity index (χ1) is 10.3. The van der Waals surface area contributed by atoms with E-state index in [0.717, 1.165) is 35.6 Å². The number of aliphatic hydroxyl groups is 1. The van der Waals surface area contributed by atoms with Gasteiger partial charge in [0.2, 0.25) is 0 Å². The molecule has 108 valence electrons. The van der Waals surface area contributed by atoms with Crippen LogP contribution in [0.25, 0.3) is 0 Å². The maximum atomic E-state index is 12.3. The zero-order chi connectivity index (χ0) is 14.7. The molecule has 0 atom stereocenters. The molecule has 5 nitrogen and oxygen atoms in total. The number of hydrogen-bond donors (Lipinski definition) is 1. The van der Waals surface area contributed by atoms with Crippen molar-refractivity contribution in [2.45, 2.75) is 19.3 Å². The van der Waals surface area contributed by atoms with E-state index in [1.165, 1.54) is 6.33 Å². The van der Waals surface area contributed by atoms with Gasteiger partial charge in [-0.1, -0.05) is 12.1 Å². The van der Waals surface area contributed by atoms with Crippen molar-refractivity contribution >= 4 is 17.3 Å². The molecule has 5 heteroatoms. The molecule has 0 spiro atoms. The number of fused-ring (bicyclic) bond motifs is 1. The van der Waals surface area contributed by atoms with Crippen LogP contribution in [0.3, 0.4) is 0 Å². The van der Waals surface area contributed by atoms with Crippen molar-refractivity contribution in [1.82, 2.24) is 9.97 Å². The third-order valence-corrected chi connectivity index (χ3v) is 3.73. The summed E-state index contributed by atoms with van der Waals surface area (Å²) in [6.45, 7) is 0.866. The Morgan fingerprint density at radius 1 is 1.33 bits per heavy atom. The number of benzene rings is 1. The van der Waals surface area contributed by atoms with Crippen LogP contribution in [0.2, 0.25) is 0 Å². The van der Waals surface area contributed by atoms with Crippen LogP contribution >= 0.6 is 0 Å². The van der Waals surface area contributed by atoms with Crippen LogP contribution in [0.1, 0.15) is 28.8 Å². The molecule has 1 aromatic carbocycles. The summed E-state index contributed by atoms with van der Waals surface area (Å²) in [5, 5.41) is 8.87. The Morgan fingerprint density at radius 2 is 2.24 bits per heavy atom. The smallest absolute Gasteiger partial charge is 0.163 e. The Morgan fingerprint density at radius 3 is 3.00 bits per heavy atom. The van der Waals surface area contributed by atoms with E-state index in [2.05, 4.69) is 14.9 Å². The molecule has 1 aliphatic rings. The summed E-state index contributed by atoms with van der Waals surface area (Å²) in [4.78, 5) is 22.6. The fourth-order valence-corrected chi connectivity index (χ4v) is 2.75. The second-order valence-corrected chi connectivity index (χ2v) is 5.02. The molecule has 1 aromatic heterocycles. The molecular formula is C16H17N3O2. The predicted octanol–water partition coefficient (Wildman–Crippen LogP) is 2.13. The Hall–Kier alpha value is -2.27. The maximum absolute atomic E-state index is 12.3. The van der Waals surface area contributed by atoms with Crippen molar-refractivity contribution in [3.63, 3.8) is 0 Å². The molecule has 0 unspecified atom stereocenters. The van der Waals surface area contributed by atoms with Crippen LogP contribution in [0.4, 0.5) is 11.5 Å². The molecule has 2 aromatic rings. The van der Waals surface area contributed by atoms with Crippen molar-refractivity contribution in [3.05, 3.63) is 47.9 Å². The number of carbonyl (C=O) groups is 1. The van der Waals surface area contributed by atoms with E-state index in [0.29, 0.717) is 12.8 Å². The summed E-state index contributed by atoms with van der Waals surface area (Å²) < 4.78 is 0. The standard InChI is InChI=1S/C16H17N3O2/c20-10-2-5-15(21)13-3-1-4-14-12(13)7-9-19(14)16-6-8-17-11-18-16/h1,3-4,6,8,11,20H,2,5,7,9-10H2. The number of anilines is 2. The summed E-state index contributed by atoms with van der Waals surface area (Å²) in [7, 11) is 0. The van der Waals surface area contributed by atoms with Crippen LogP contribution < -0.4 is 4.90 Å². The van der Waals surface area contributed by atoms with E-state index >= 15 is 0 Å². The number of aromatic nitrogens is 2. The molecule has 3 rings (SSSR count). The zero-order valence-corrected chi connectivity index (χ0v) is 11.7. The topological polar surface area (TPSA) is 66.3 Å². The number of Topliss-reactive ketones (excluding diaryl/α,β-unsaturated/α-hetero) is 1. The molecule has 0 saturated heterocycles. The summed E-state index contributed by atoms with van der Waals surface area (Å²) in [5.74, 6) is 0.953. The van der Waals surface area contributed by atoms with Gasteiger partial charge in [0.05, 0.1) is 0 Å². The lowest BCUT2D eigenvalue weighted by Crippen LogP contribution is -2.14. The van der Waals surface area contributed by atoms with Crippen LogP contribution in [-0.4, -0.2) is 34.0 Å². The van der Waals surface area contributed by atoms with Gasteiger partial charge in [0.1, 0.15) is 12.1 Å². The van der Waals surface area contributed by atoms with Gasteiger partial charge in [-0.15, -0.1) is 0 Å². The number of rotatable bonds is 5. The van der Waals surface area contributed by atoms with Crippen molar-refractivity contribution in [2.75, 3.05) is 18.1 Å². The third-order valence-electron chi connectivity index (χ3n) is 3.73. The van der Waals surface area contributed by atoms with Crippen molar-refractivity contribution in [2.24, 2.45) is 0 Å². The van der Waals surface area contributed by atoms with Gasteiger partial charge in [0.25, 0.3) is 0 Å². The lowest BCUT2D eigenvalue weighted by atomic mass is 9.99. The number of ketones is 1. The van der Waals surface area contributed by atoms with Gasteiger partial charge in [-0.25, -0.2) is 9.97 Å². The molecule has 2 heterocycles. The molecule has 0 saturated carbocycles. The second kappa shape index (κ2) is 6.01. The molecule has 0 amide bonds. The number of hydrogen-bond acceptors (Lipinski definition) is 5. The average molecular weight is 283 g/mol. The molecule has 0 fully saturated rings. The first kappa shape index (κ1) is 13.7. The van der Waals surface area contributed by atoms with Crippen molar-refractivity contribution in [1.29, 1.82) is 0 Å². The van der Waals surface area contributed by atoms with Crippen LogP contribution in [-0.2, 0) is 6.42 Å². The first-order valence-electron chi connectivity index (χ1n) is 7.11. The average Bonchev–Trinajstić information content (AvgIpc) is 2.97. The van der Waals surface area contributed by atoms with E-state index in [4.69, 9.17) is 5.11 Å². The normalized spacial score (nSPS) is 13.3. The molecule has 0 bridgehead atoms. The van der Waals surface area contributed by atoms with E-state index < -0.39 is 0 Å². The van der Waals surface area contributed by atoms with E-state index in [1.807, 2.05) is 24.3 Å². The highest BCUT2D eigenvalue weighted by molar-refractivity contribution is 5.99. The van der Waals surface area contributed by atoms with Gasteiger partial charge in [-0.05, 0) is 30.5 Å². The van der Waals surface area contributed by atoms with Gasteiger partial charge >= 0.3 is 0 Å². The summed E-state index contributed by atoms with van der Waals surface area (Å²) in [6, 6.07) is 7.68. The Kier molecular flexibility index (Phi) is 3.92. The molecule has 0 aliphatic carbocycles. The molecule has 21 heavy (non-hydrogen) atoms. The lowest BCUT2D eigenvalue weighted by Gasteiger charge is -2.18. The second-order valence-electron chi connectivity index (χ2n) is 5.02. The number of nitrogens with zero attached hydrogens (tertiary/aromatic N) is 3. The largest absolute Gasteiger partial charge is 0.396 e. The van der Waals surface area contributed by atoms with Gasteiger partial charge in [-0.3, -0.25) is 4.79 Å². The van der Waals surface area contributed by atoms with Gasteiger partial charge in [-0.2, -0.15) is 0 Å². The quantitative estimate of drug-likeness (QED) is 0.851. The monoisotopic (exact) mass is 283 g/mol. The molecular weight excluding hydrogens is 266 g/mol. The maximum Gasteiger partial charge on any atom is 0.163 e. The van der Waals surface area contributed by atoms with Gasteiger partial charge < -0.3 is 10.0 Å². The summed E-state index contributed by atoms with van der Waals surface area (Å²) >= 11 is 0. The Labute approximate surface area is 123 Å². The Bertz CT molecular complexity index is 643. The molecule has 1 N–H and O–H groups in total. The minimum absolute atomic E-state index is 0.0494. The van der Waals surface area contributed by atoms with Crippen LogP contribution in [0.5, 0.6) is 0 Å². The fourth-order valence-electron chi connectivity index (χ4n) is 2.75. The fraction of sp³-hybridized carbons (Fsp3) is 0.312. The number of aliphatic hydroxyl groups excluding tert-OH is 1. The van der Waals surface area contributed by atoms with E-state index in [9.17, 15) is 4.79 Å². The van der Waals surface area contributed by atoms with Gasteiger partial charge in [0, 0.05) is 37.0 Å². The van der Waals surface area contributed by atoms with Crippen LogP contribution in [0.15, 0.2) is 36.8 Å². The zero-order valence-electron chi connectivity index (χ0n) is 11.7. The lowest BCUT2D eigenvalue weighted by molar-refractivity contribution is 0.0970. The highest BCUT2D eigenvalue weighted by Crippen LogP contribution is 2.35. The predicted molar refractivity (Wildman–Crippen MR) is 79.8 cm³/mol. The highest BCUT2D eigenvalue weighted by Gasteiger charge is 2.25. The van der Waals surface area contributed by atoms with Crippen LogP contribution in [0, 0.1) is 0 Å². The highest BCUT2D eigenvalue weighted by atomic mass is 16.3. The SMILES string of the molecule is O=C(CCCO)c1cccc2c1CCN2c1ccncn1. The van der Waals surface area contributed by atoms with Gasteiger partial charge in [0.15, 0.2) is 5.78 Å². The van der Waals surface area contributed by atoms with Crippen molar-refractivity contribution in [3.8, 4) is 0 Å². The summed E-state index contributed by atoms with van der Waals surface area (Å²) in [6.07, 6.45) is 4.99. The Balaban J connectivity index is 1.92. The van der Waals surface area contributed by atoms with Crippen molar-refractivity contribution < 1.29 is 9.90 Å². The minimum atomic E-state index is 0.0494. The minimum Gasteiger partial charge on any atom is -0.396 e. The molecule has 1 aliphatic heterocycles. The first-order valence-corrected chi connectivity index (χ1v) is 7.11. The summed E-state index contributed by atoms with van der Waals surface area (Å²) in [5.41, 5.74) is 2.90. The van der Waals surface area contributed by atoms with E-state index in [1.54, 1.807) is 6.20 Å². The molecule has 0 radical (unpaired) electrons. The number of carbonyl (C=O) groups excluding carboxylic acids is 1.